The van der Waals surface area contributed by atoms with Crippen molar-refractivity contribution < 1.29 is 9.53 Å². The molecule has 1 amide bonds. The standard InChI is InChI=1S/C25H21NO2/c27-25(28-18-19-9-2-1-3-10-19)26-16-8-15-24-22-13-6-4-11-20(22)17-21-12-5-7-14-23(21)24/h1-15,17H,16,18H2,(H,26,27). The smallest absolute Gasteiger partial charge is 0.407 e. The van der Waals surface area contributed by atoms with Crippen LogP contribution >= 0.6 is 0 Å². The first-order chi connectivity index (χ1) is 13.8. The van der Waals surface area contributed by atoms with Crippen LogP contribution in [0.15, 0.2) is 91.0 Å². The minimum atomic E-state index is -0.420. The average molecular weight is 367 g/mol. The van der Waals surface area contributed by atoms with E-state index in [1.54, 1.807) is 0 Å². The van der Waals surface area contributed by atoms with Gasteiger partial charge < -0.3 is 10.1 Å². The first-order valence-corrected chi connectivity index (χ1v) is 9.33. The summed E-state index contributed by atoms with van der Waals surface area (Å²) in [6.45, 7) is 0.676. The Hall–Kier alpha value is -3.59. The van der Waals surface area contributed by atoms with Crippen molar-refractivity contribution in [1.29, 1.82) is 0 Å². The van der Waals surface area contributed by atoms with E-state index in [0.717, 1.165) is 11.1 Å². The van der Waals surface area contributed by atoms with E-state index in [9.17, 15) is 4.79 Å². The van der Waals surface area contributed by atoms with Gasteiger partial charge in [-0.3, -0.25) is 0 Å². The molecule has 0 bridgehead atoms. The SMILES string of the molecule is O=C(NCC=Cc1c2ccccc2cc2ccccc12)OCc1ccccc1. The van der Waals surface area contributed by atoms with Gasteiger partial charge >= 0.3 is 6.09 Å². The highest BCUT2D eigenvalue weighted by molar-refractivity contribution is 6.06. The van der Waals surface area contributed by atoms with Gasteiger partial charge in [-0.25, -0.2) is 4.79 Å². The number of carbonyl (C=O) groups is 1. The first-order valence-electron chi connectivity index (χ1n) is 9.33. The summed E-state index contributed by atoms with van der Waals surface area (Å²) in [5.41, 5.74) is 2.13. The molecule has 1 N–H and O–H groups in total. The third-order valence-corrected chi connectivity index (χ3v) is 4.67. The topological polar surface area (TPSA) is 38.3 Å². The van der Waals surface area contributed by atoms with Crippen LogP contribution in [0, 0.1) is 0 Å². The number of hydrogen-bond donors (Lipinski definition) is 1. The molecule has 4 aromatic carbocycles. The second-order valence-electron chi connectivity index (χ2n) is 6.58. The van der Waals surface area contributed by atoms with Crippen LogP contribution < -0.4 is 5.32 Å². The van der Waals surface area contributed by atoms with E-state index in [-0.39, 0.29) is 6.61 Å². The van der Waals surface area contributed by atoms with Crippen LogP contribution in [0.25, 0.3) is 27.6 Å². The molecule has 0 spiro atoms. The third kappa shape index (κ3) is 4.04. The molecule has 0 atom stereocenters. The molecule has 4 rings (SSSR count). The van der Waals surface area contributed by atoms with Crippen LogP contribution in [-0.4, -0.2) is 12.6 Å². The number of ether oxygens (including phenoxy) is 1. The fourth-order valence-electron chi connectivity index (χ4n) is 3.32. The number of rotatable bonds is 5. The summed E-state index contributed by atoms with van der Waals surface area (Å²) in [4.78, 5) is 11.9. The molecule has 28 heavy (non-hydrogen) atoms. The Bertz CT molecular complexity index is 1080. The van der Waals surface area contributed by atoms with Crippen LogP contribution in [0.2, 0.25) is 0 Å². The third-order valence-electron chi connectivity index (χ3n) is 4.67. The van der Waals surface area contributed by atoms with E-state index in [1.807, 2.05) is 48.5 Å². The molecule has 0 saturated carbocycles. The summed E-state index contributed by atoms with van der Waals surface area (Å²) in [5.74, 6) is 0. The molecule has 3 heteroatoms. The maximum absolute atomic E-state index is 11.9. The summed E-state index contributed by atoms with van der Waals surface area (Å²) >= 11 is 0. The molecule has 0 aliphatic rings. The molecule has 4 aromatic rings. The number of nitrogens with one attached hydrogen (secondary N) is 1. The maximum atomic E-state index is 11.9. The highest BCUT2D eigenvalue weighted by Crippen LogP contribution is 2.29. The Balaban J connectivity index is 1.45. The van der Waals surface area contributed by atoms with E-state index in [0.29, 0.717) is 6.54 Å². The van der Waals surface area contributed by atoms with Gasteiger partial charge in [-0.15, -0.1) is 0 Å². The lowest BCUT2D eigenvalue weighted by atomic mass is 9.96. The van der Waals surface area contributed by atoms with Crippen molar-refractivity contribution in [2.45, 2.75) is 6.61 Å². The van der Waals surface area contributed by atoms with Crippen molar-refractivity contribution in [3.05, 3.63) is 102 Å². The maximum Gasteiger partial charge on any atom is 0.407 e. The molecule has 0 unspecified atom stereocenters. The zero-order chi connectivity index (χ0) is 19.2. The Kier molecular flexibility index (Phi) is 5.34. The average Bonchev–Trinajstić information content (AvgIpc) is 2.75. The molecular formula is C25H21NO2. The van der Waals surface area contributed by atoms with Crippen molar-refractivity contribution in [3.63, 3.8) is 0 Å². The van der Waals surface area contributed by atoms with E-state index in [1.165, 1.54) is 21.5 Å². The predicted molar refractivity (Wildman–Crippen MR) is 115 cm³/mol. The number of benzene rings is 4. The van der Waals surface area contributed by atoms with Crippen LogP contribution in [0.5, 0.6) is 0 Å². The van der Waals surface area contributed by atoms with Gasteiger partial charge in [0.15, 0.2) is 0 Å². The summed E-state index contributed by atoms with van der Waals surface area (Å²) in [7, 11) is 0. The van der Waals surface area contributed by atoms with E-state index >= 15 is 0 Å². The Morgan fingerprint density at radius 1 is 0.821 bits per heavy atom. The van der Waals surface area contributed by atoms with Crippen LogP contribution in [0.3, 0.4) is 0 Å². The van der Waals surface area contributed by atoms with Gasteiger partial charge in [-0.1, -0.05) is 91.0 Å². The Morgan fingerprint density at radius 2 is 1.43 bits per heavy atom. The minimum absolute atomic E-state index is 0.268. The van der Waals surface area contributed by atoms with Gasteiger partial charge in [0.2, 0.25) is 0 Å². The van der Waals surface area contributed by atoms with E-state index in [2.05, 4.69) is 53.9 Å². The van der Waals surface area contributed by atoms with Gasteiger partial charge in [-0.05, 0) is 38.7 Å². The normalized spacial score (nSPS) is 11.1. The number of hydrogen-bond acceptors (Lipinski definition) is 2. The Labute approximate surface area is 164 Å². The van der Waals surface area contributed by atoms with Crippen LogP contribution in [0.4, 0.5) is 4.79 Å². The second kappa shape index (κ2) is 8.40. The summed E-state index contributed by atoms with van der Waals surface area (Å²) in [5, 5.41) is 7.58. The van der Waals surface area contributed by atoms with Gasteiger partial charge in [0.25, 0.3) is 0 Å². The van der Waals surface area contributed by atoms with Crippen molar-refractivity contribution in [1.82, 2.24) is 5.32 Å². The molecule has 3 nitrogen and oxygen atoms in total. The van der Waals surface area contributed by atoms with E-state index in [4.69, 9.17) is 4.74 Å². The lowest BCUT2D eigenvalue weighted by Gasteiger charge is -2.08. The number of amides is 1. The van der Waals surface area contributed by atoms with Crippen molar-refractivity contribution >= 4 is 33.7 Å². The molecule has 0 aliphatic carbocycles. The summed E-state index contributed by atoms with van der Waals surface area (Å²) in [6, 6.07) is 28.6. The fraction of sp³-hybridized carbons (Fsp3) is 0.0800. The van der Waals surface area contributed by atoms with Crippen LogP contribution in [0.1, 0.15) is 11.1 Å². The number of alkyl carbamates (subject to hydrolysis) is 1. The second-order valence-corrected chi connectivity index (χ2v) is 6.58. The lowest BCUT2D eigenvalue weighted by Crippen LogP contribution is -2.24. The summed E-state index contributed by atoms with van der Waals surface area (Å²) in [6.07, 6.45) is 3.61. The highest BCUT2D eigenvalue weighted by Gasteiger charge is 2.05. The highest BCUT2D eigenvalue weighted by atomic mass is 16.5. The lowest BCUT2D eigenvalue weighted by molar-refractivity contribution is 0.141. The molecule has 0 aromatic heterocycles. The molecular weight excluding hydrogens is 346 g/mol. The minimum Gasteiger partial charge on any atom is -0.445 e. The zero-order valence-corrected chi connectivity index (χ0v) is 15.5. The molecule has 0 saturated heterocycles. The predicted octanol–water partition coefficient (Wildman–Crippen LogP) is 5.93. The van der Waals surface area contributed by atoms with Crippen molar-refractivity contribution in [2.75, 3.05) is 6.54 Å². The molecule has 0 radical (unpaired) electrons. The zero-order valence-electron chi connectivity index (χ0n) is 15.5. The Morgan fingerprint density at radius 3 is 2.11 bits per heavy atom. The summed E-state index contributed by atoms with van der Waals surface area (Å²) < 4.78 is 5.24. The molecule has 0 heterocycles. The van der Waals surface area contributed by atoms with Gasteiger partial charge in [-0.2, -0.15) is 0 Å². The van der Waals surface area contributed by atoms with E-state index < -0.39 is 6.09 Å². The van der Waals surface area contributed by atoms with Crippen molar-refractivity contribution in [3.8, 4) is 0 Å². The monoisotopic (exact) mass is 367 g/mol. The number of fused-ring (bicyclic) bond motifs is 2. The quantitative estimate of drug-likeness (QED) is 0.444. The van der Waals surface area contributed by atoms with Gasteiger partial charge in [0, 0.05) is 6.54 Å². The largest absolute Gasteiger partial charge is 0.445 e. The molecule has 138 valence electrons. The first kappa shape index (κ1) is 17.8. The number of carbonyl (C=O) groups excluding carboxylic acids is 1. The van der Waals surface area contributed by atoms with Crippen molar-refractivity contribution in [2.24, 2.45) is 0 Å². The van der Waals surface area contributed by atoms with Gasteiger partial charge in [0.1, 0.15) is 6.61 Å². The molecule has 0 aliphatic heterocycles. The fourth-order valence-corrected chi connectivity index (χ4v) is 3.32. The molecule has 0 fully saturated rings. The van der Waals surface area contributed by atoms with Crippen LogP contribution in [-0.2, 0) is 11.3 Å². The van der Waals surface area contributed by atoms with Gasteiger partial charge in [0.05, 0.1) is 0 Å².